The fourth-order valence-electron chi connectivity index (χ4n) is 6.05. The summed E-state index contributed by atoms with van der Waals surface area (Å²) in [6.45, 7) is 24.9. The zero-order valence-electron chi connectivity index (χ0n) is 31.1. The molecule has 0 spiro atoms. The molecule has 7 heteroatoms. The topological polar surface area (TPSA) is 93.1 Å². The summed E-state index contributed by atoms with van der Waals surface area (Å²) in [6, 6.07) is 8.03. The second kappa shape index (κ2) is 14.8. The monoisotopic (exact) mass is 668 g/mol. The highest BCUT2D eigenvalue weighted by Crippen LogP contribution is 2.41. The molecule has 47 heavy (non-hydrogen) atoms. The van der Waals surface area contributed by atoms with Crippen LogP contribution in [0, 0.1) is 0 Å². The minimum Gasteiger partial charge on any atom is -0.507 e. The number of thioether (sulfide) groups is 1. The van der Waals surface area contributed by atoms with Crippen LogP contribution in [0.4, 0.5) is 0 Å². The van der Waals surface area contributed by atoms with E-state index in [0.29, 0.717) is 37.2 Å². The van der Waals surface area contributed by atoms with Crippen LogP contribution in [0.1, 0.15) is 142 Å². The number of aryl methyl sites for hydroxylation is 2. The van der Waals surface area contributed by atoms with Gasteiger partial charge in [-0.15, -0.1) is 0 Å². The molecule has 0 amide bonds. The second-order valence-electron chi connectivity index (χ2n) is 17.3. The van der Waals surface area contributed by atoms with Gasteiger partial charge in [-0.25, -0.2) is 0 Å². The molecule has 2 aromatic carbocycles. The van der Waals surface area contributed by atoms with E-state index in [1.165, 1.54) is 0 Å². The molecule has 2 N–H and O–H groups in total. The van der Waals surface area contributed by atoms with Crippen molar-refractivity contribution in [1.29, 1.82) is 0 Å². The zero-order chi connectivity index (χ0) is 35.5. The second-order valence-corrected chi connectivity index (χ2v) is 18.6. The number of carbonyl (C=O) groups excluding carboxylic acids is 2. The van der Waals surface area contributed by atoms with Crippen molar-refractivity contribution in [3.8, 4) is 11.5 Å². The van der Waals surface area contributed by atoms with Crippen LogP contribution >= 0.6 is 11.8 Å². The fraction of sp³-hybridized carbons (Fsp3) is 0.650. The standard InChI is InChI=1S/C40H60O6S/c1-37(2,3)27-21-25(22-28(35(27)43)38(4,5)6)13-15-33(41)45-31-17-19-47-20-18-32(31)46-34(42)16-14-26-23-29(39(7,8)9)36(44)30(24-26)40(10,11)12/h21-24,31-32,43-44H,13-20H2,1-12H3. The van der Waals surface area contributed by atoms with Gasteiger partial charge in [-0.2, -0.15) is 11.8 Å². The van der Waals surface area contributed by atoms with Crippen molar-refractivity contribution < 1.29 is 29.3 Å². The van der Waals surface area contributed by atoms with Crippen LogP contribution in [-0.4, -0.2) is 45.9 Å². The molecule has 0 aliphatic carbocycles. The number of benzene rings is 2. The first-order chi connectivity index (χ1) is 21.5. The number of rotatable bonds is 8. The predicted octanol–water partition coefficient (Wildman–Crippen LogP) is 9.20. The lowest BCUT2D eigenvalue weighted by Gasteiger charge is -2.28. The smallest absolute Gasteiger partial charge is 0.306 e. The van der Waals surface area contributed by atoms with Crippen LogP contribution in [0.2, 0.25) is 0 Å². The van der Waals surface area contributed by atoms with Gasteiger partial charge >= 0.3 is 11.9 Å². The number of hydrogen-bond donors (Lipinski definition) is 2. The maximum atomic E-state index is 13.2. The van der Waals surface area contributed by atoms with Gasteiger partial charge in [0.05, 0.1) is 0 Å². The first-order valence-corrected chi connectivity index (χ1v) is 18.3. The normalized spacial score (nSPS) is 18.0. The first kappa shape index (κ1) is 38.8. The molecule has 0 radical (unpaired) electrons. The van der Waals surface area contributed by atoms with Crippen molar-refractivity contribution in [2.24, 2.45) is 0 Å². The van der Waals surface area contributed by atoms with Crippen LogP contribution in [0.25, 0.3) is 0 Å². The van der Waals surface area contributed by atoms with Gasteiger partial charge in [0.2, 0.25) is 0 Å². The summed E-state index contributed by atoms with van der Waals surface area (Å²) in [5.41, 5.74) is 4.48. The molecule has 1 heterocycles. The highest BCUT2D eigenvalue weighted by molar-refractivity contribution is 7.99. The number of carbonyl (C=O) groups is 2. The third kappa shape index (κ3) is 10.7. The summed E-state index contributed by atoms with van der Waals surface area (Å²) >= 11 is 1.79. The van der Waals surface area contributed by atoms with Crippen LogP contribution < -0.4 is 0 Å². The van der Waals surface area contributed by atoms with E-state index < -0.39 is 12.2 Å². The molecular formula is C40H60O6S. The van der Waals surface area contributed by atoms with Crippen molar-refractivity contribution in [2.75, 3.05) is 11.5 Å². The Balaban J connectivity index is 1.69. The largest absolute Gasteiger partial charge is 0.507 e. The maximum Gasteiger partial charge on any atom is 0.306 e. The lowest BCUT2D eigenvalue weighted by Crippen LogP contribution is -2.35. The number of esters is 2. The molecule has 3 rings (SSSR count). The summed E-state index contributed by atoms with van der Waals surface area (Å²) in [5, 5.41) is 22.1. The van der Waals surface area contributed by atoms with E-state index >= 15 is 0 Å². The van der Waals surface area contributed by atoms with E-state index in [4.69, 9.17) is 9.47 Å². The molecule has 2 atom stereocenters. The molecule has 0 saturated carbocycles. The van der Waals surface area contributed by atoms with Gasteiger partial charge in [-0.1, -0.05) is 107 Å². The molecular weight excluding hydrogens is 609 g/mol. The minimum atomic E-state index is -0.481. The van der Waals surface area contributed by atoms with Crippen LogP contribution in [0.15, 0.2) is 24.3 Å². The summed E-state index contributed by atoms with van der Waals surface area (Å²) in [5.74, 6) is 1.72. The van der Waals surface area contributed by atoms with E-state index in [9.17, 15) is 19.8 Å². The maximum absolute atomic E-state index is 13.2. The van der Waals surface area contributed by atoms with Crippen LogP contribution in [-0.2, 0) is 53.6 Å². The molecule has 2 aromatic rings. The number of phenolic OH excluding ortho intramolecular Hbond substituents is 2. The van der Waals surface area contributed by atoms with E-state index in [0.717, 1.165) is 44.9 Å². The first-order valence-electron chi connectivity index (χ1n) is 17.2. The Morgan fingerprint density at radius 1 is 0.596 bits per heavy atom. The Hall–Kier alpha value is -2.67. The number of hydrogen-bond acceptors (Lipinski definition) is 7. The highest BCUT2D eigenvalue weighted by Gasteiger charge is 2.32. The Morgan fingerprint density at radius 2 is 0.872 bits per heavy atom. The van der Waals surface area contributed by atoms with Gasteiger partial charge in [-0.3, -0.25) is 9.59 Å². The Kier molecular flexibility index (Phi) is 12.2. The Bertz CT molecular complexity index is 1240. The van der Waals surface area contributed by atoms with Gasteiger partial charge in [0.1, 0.15) is 23.7 Å². The highest BCUT2D eigenvalue weighted by atomic mass is 32.2. The average Bonchev–Trinajstić information content (AvgIpc) is 3.13. The molecule has 1 aliphatic rings. The fourth-order valence-corrected chi connectivity index (χ4v) is 7.06. The molecule has 0 bridgehead atoms. The predicted molar refractivity (Wildman–Crippen MR) is 194 cm³/mol. The van der Waals surface area contributed by atoms with E-state index in [1.807, 2.05) is 24.3 Å². The third-order valence-corrected chi connectivity index (χ3v) is 9.93. The summed E-state index contributed by atoms with van der Waals surface area (Å²) < 4.78 is 12.0. The molecule has 2 unspecified atom stereocenters. The van der Waals surface area contributed by atoms with Gasteiger partial charge < -0.3 is 19.7 Å². The minimum absolute atomic E-state index is 0.204. The molecule has 0 aromatic heterocycles. The van der Waals surface area contributed by atoms with E-state index in [2.05, 4.69) is 83.1 Å². The van der Waals surface area contributed by atoms with Crippen molar-refractivity contribution >= 4 is 23.7 Å². The molecule has 1 saturated heterocycles. The van der Waals surface area contributed by atoms with Gasteiger partial charge in [0.25, 0.3) is 0 Å². The average molecular weight is 669 g/mol. The SMILES string of the molecule is CC(C)(C)c1cc(CCC(=O)OC2CCSCCC2OC(=O)CCc2cc(C(C)(C)C)c(O)c(C(C)(C)C)c2)cc(C(C)(C)C)c1O. The van der Waals surface area contributed by atoms with Gasteiger partial charge in [0.15, 0.2) is 0 Å². The summed E-state index contributed by atoms with van der Waals surface area (Å²) in [6.07, 6.45) is 1.71. The van der Waals surface area contributed by atoms with Crippen LogP contribution in [0.3, 0.4) is 0 Å². The van der Waals surface area contributed by atoms with Gasteiger partial charge in [-0.05, 0) is 92.2 Å². The van der Waals surface area contributed by atoms with Crippen molar-refractivity contribution in [2.45, 2.75) is 155 Å². The zero-order valence-corrected chi connectivity index (χ0v) is 31.9. The van der Waals surface area contributed by atoms with Crippen molar-refractivity contribution in [3.63, 3.8) is 0 Å². The Labute approximate surface area is 288 Å². The molecule has 6 nitrogen and oxygen atoms in total. The lowest BCUT2D eigenvalue weighted by molar-refractivity contribution is -0.168. The van der Waals surface area contributed by atoms with Crippen molar-refractivity contribution in [3.05, 3.63) is 57.6 Å². The quantitative estimate of drug-likeness (QED) is 0.271. The number of phenols is 2. The van der Waals surface area contributed by atoms with Gasteiger partial charge in [0, 0.05) is 12.8 Å². The summed E-state index contributed by atoms with van der Waals surface area (Å²) in [7, 11) is 0. The molecule has 1 fully saturated rings. The number of ether oxygens (including phenoxy) is 2. The Morgan fingerprint density at radius 3 is 1.13 bits per heavy atom. The van der Waals surface area contributed by atoms with Crippen molar-refractivity contribution in [1.82, 2.24) is 0 Å². The summed E-state index contributed by atoms with van der Waals surface area (Å²) in [4.78, 5) is 26.4. The molecule has 1 aliphatic heterocycles. The third-order valence-electron chi connectivity index (χ3n) is 8.88. The van der Waals surface area contributed by atoms with E-state index in [-0.39, 0.29) is 46.4 Å². The van der Waals surface area contributed by atoms with Crippen LogP contribution in [0.5, 0.6) is 11.5 Å². The van der Waals surface area contributed by atoms with E-state index in [1.54, 1.807) is 11.8 Å². The number of aromatic hydroxyl groups is 2. The molecule has 262 valence electrons. The lowest BCUT2D eigenvalue weighted by atomic mass is 9.78.